The fourth-order valence-electron chi connectivity index (χ4n) is 3.32. The fraction of sp³-hybridized carbons (Fsp3) is 0.350. The van der Waals surface area contributed by atoms with Crippen LogP contribution in [0, 0.1) is 0 Å². The number of rotatable bonds is 6. The van der Waals surface area contributed by atoms with Crippen LogP contribution >= 0.6 is 0 Å². The Morgan fingerprint density at radius 1 is 1.38 bits per heavy atom. The van der Waals surface area contributed by atoms with Crippen molar-refractivity contribution in [1.29, 1.82) is 0 Å². The lowest BCUT2D eigenvalue weighted by molar-refractivity contribution is 0.0859. The summed E-state index contributed by atoms with van der Waals surface area (Å²) in [5.74, 6) is 0.220. The van der Waals surface area contributed by atoms with Crippen LogP contribution in [0.4, 0.5) is 8.78 Å². The quantitative estimate of drug-likeness (QED) is 0.685. The normalized spacial score (nSPS) is 16.5. The first kappa shape index (κ1) is 19.3. The van der Waals surface area contributed by atoms with Gasteiger partial charge in [-0.3, -0.25) is 4.79 Å². The van der Waals surface area contributed by atoms with Crippen LogP contribution in [0.5, 0.6) is 5.75 Å². The highest BCUT2D eigenvalue weighted by molar-refractivity contribution is 5.99. The van der Waals surface area contributed by atoms with Gasteiger partial charge in [0.1, 0.15) is 17.0 Å². The minimum atomic E-state index is -2.78. The van der Waals surface area contributed by atoms with Crippen LogP contribution in [0.15, 0.2) is 36.5 Å². The third-order valence-electron chi connectivity index (χ3n) is 4.87. The molecule has 0 saturated carbocycles. The monoisotopic (exact) mass is 402 g/mol. The highest BCUT2D eigenvalue weighted by Crippen LogP contribution is 2.28. The van der Waals surface area contributed by atoms with Crippen molar-refractivity contribution in [3.8, 4) is 17.0 Å². The predicted molar refractivity (Wildman–Crippen MR) is 101 cm³/mol. The maximum atomic E-state index is 13.6. The summed E-state index contributed by atoms with van der Waals surface area (Å²) >= 11 is 0. The first-order valence-corrected chi connectivity index (χ1v) is 9.28. The lowest BCUT2D eigenvalue weighted by Gasteiger charge is -2.11. The van der Waals surface area contributed by atoms with E-state index in [9.17, 15) is 13.6 Å². The van der Waals surface area contributed by atoms with E-state index in [1.54, 1.807) is 31.4 Å². The molecule has 4 rings (SSSR count). The first-order chi connectivity index (χ1) is 14.1. The number of ether oxygens (including phenoxy) is 2. The number of nitrogens with one attached hydrogen (secondary N) is 1. The number of hydrogen-bond donors (Lipinski definition) is 1. The van der Waals surface area contributed by atoms with Gasteiger partial charge in [-0.25, -0.2) is 18.3 Å². The van der Waals surface area contributed by atoms with Crippen molar-refractivity contribution in [2.24, 2.45) is 0 Å². The van der Waals surface area contributed by atoms with E-state index in [-0.39, 0.29) is 23.0 Å². The Balaban J connectivity index is 1.70. The van der Waals surface area contributed by atoms with Crippen molar-refractivity contribution in [1.82, 2.24) is 19.9 Å². The zero-order valence-electron chi connectivity index (χ0n) is 15.8. The molecule has 1 amide bonds. The third-order valence-corrected chi connectivity index (χ3v) is 4.87. The van der Waals surface area contributed by atoms with Crippen LogP contribution in [-0.4, -0.2) is 46.9 Å². The summed E-state index contributed by atoms with van der Waals surface area (Å²) in [5, 5.41) is 6.75. The number of amides is 1. The Kier molecular flexibility index (Phi) is 5.39. The maximum absolute atomic E-state index is 13.6. The number of fused-ring (bicyclic) bond motifs is 1. The number of hydrogen-bond acceptors (Lipinski definition) is 5. The second-order valence-corrected chi connectivity index (χ2v) is 6.73. The topological polar surface area (TPSA) is 77.8 Å². The Morgan fingerprint density at radius 2 is 2.17 bits per heavy atom. The molecule has 9 heteroatoms. The number of carbonyl (C=O) groups excluding carboxylic acids is 1. The molecule has 1 fully saturated rings. The van der Waals surface area contributed by atoms with Gasteiger partial charge in [0.05, 0.1) is 25.1 Å². The summed E-state index contributed by atoms with van der Waals surface area (Å²) < 4.78 is 38.9. The molecule has 29 heavy (non-hydrogen) atoms. The average Bonchev–Trinajstić information content (AvgIpc) is 3.41. The average molecular weight is 402 g/mol. The van der Waals surface area contributed by atoms with Crippen LogP contribution in [0.25, 0.3) is 16.9 Å². The molecule has 3 aromatic rings. The lowest BCUT2D eigenvalue weighted by Crippen LogP contribution is -2.31. The van der Waals surface area contributed by atoms with E-state index < -0.39 is 12.3 Å². The molecule has 0 radical (unpaired) electrons. The van der Waals surface area contributed by atoms with E-state index in [2.05, 4.69) is 15.4 Å². The van der Waals surface area contributed by atoms with Crippen LogP contribution in [-0.2, 0) is 4.74 Å². The highest BCUT2D eigenvalue weighted by atomic mass is 19.3. The molecule has 0 aliphatic carbocycles. The van der Waals surface area contributed by atoms with Crippen molar-refractivity contribution in [3.63, 3.8) is 0 Å². The van der Waals surface area contributed by atoms with Crippen LogP contribution in [0.1, 0.15) is 35.3 Å². The molecule has 1 aromatic carbocycles. The molecule has 3 heterocycles. The third kappa shape index (κ3) is 3.91. The molecule has 1 aliphatic rings. The Bertz CT molecular complexity index is 1010. The Morgan fingerprint density at radius 3 is 2.83 bits per heavy atom. The zero-order valence-corrected chi connectivity index (χ0v) is 15.8. The number of nitrogens with zero attached hydrogens (tertiary/aromatic N) is 3. The Labute approximate surface area is 165 Å². The number of aromatic nitrogens is 3. The predicted octanol–water partition coefficient (Wildman–Crippen LogP) is 3.25. The molecule has 1 N–H and O–H groups in total. The fourth-order valence-corrected chi connectivity index (χ4v) is 3.32. The van der Waals surface area contributed by atoms with E-state index >= 15 is 0 Å². The molecule has 0 bridgehead atoms. The van der Waals surface area contributed by atoms with Gasteiger partial charge < -0.3 is 14.8 Å². The second kappa shape index (κ2) is 8.12. The summed E-state index contributed by atoms with van der Waals surface area (Å²) in [5.41, 5.74) is 0.837. The van der Waals surface area contributed by atoms with Crippen molar-refractivity contribution in [2.45, 2.75) is 25.4 Å². The van der Waals surface area contributed by atoms with E-state index in [0.29, 0.717) is 30.2 Å². The van der Waals surface area contributed by atoms with Gasteiger partial charge >= 0.3 is 0 Å². The molecule has 0 spiro atoms. The molecular weight excluding hydrogens is 382 g/mol. The SMILES string of the molecule is COc1ccc(-c2cc(C(F)F)n3ncc(C(=O)NC[C@@H]4CCCO4)c3n2)cc1. The van der Waals surface area contributed by atoms with E-state index in [4.69, 9.17) is 9.47 Å². The summed E-state index contributed by atoms with van der Waals surface area (Å²) in [6, 6.07) is 8.16. The molecule has 1 atom stereocenters. The summed E-state index contributed by atoms with van der Waals surface area (Å²) in [6.45, 7) is 1.04. The van der Waals surface area contributed by atoms with Crippen molar-refractivity contribution in [2.75, 3.05) is 20.3 Å². The standard InChI is InChI=1S/C20H20F2N4O3/c1-28-13-6-4-12(5-7-13)16-9-17(18(21)22)26-19(25-16)15(11-24-26)20(27)23-10-14-3-2-8-29-14/h4-7,9,11,14,18H,2-3,8,10H2,1H3,(H,23,27)/t14-/m0/s1. The summed E-state index contributed by atoms with van der Waals surface area (Å²) in [6.07, 6.45) is 0.295. The number of carbonyl (C=O) groups is 1. The van der Waals surface area contributed by atoms with Gasteiger partial charge in [0.15, 0.2) is 5.65 Å². The van der Waals surface area contributed by atoms with Gasteiger partial charge in [-0.05, 0) is 43.2 Å². The Hall–Kier alpha value is -3.07. The highest BCUT2D eigenvalue weighted by Gasteiger charge is 2.23. The van der Waals surface area contributed by atoms with E-state index in [0.717, 1.165) is 17.4 Å². The van der Waals surface area contributed by atoms with Gasteiger partial charge in [0.25, 0.3) is 12.3 Å². The van der Waals surface area contributed by atoms with Crippen molar-refractivity contribution < 1.29 is 23.0 Å². The van der Waals surface area contributed by atoms with Gasteiger partial charge in [-0.15, -0.1) is 0 Å². The molecular formula is C20H20F2N4O3. The summed E-state index contributed by atoms with van der Waals surface area (Å²) in [7, 11) is 1.54. The first-order valence-electron chi connectivity index (χ1n) is 9.28. The summed E-state index contributed by atoms with van der Waals surface area (Å²) in [4.78, 5) is 17.1. The number of alkyl halides is 2. The smallest absolute Gasteiger partial charge is 0.280 e. The molecule has 1 aliphatic heterocycles. The van der Waals surface area contributed by atoms with Gasteiger partial charge in [-0.2, -0.15) is 5.10 Å². The molecule has 7 nitrogen and oxygen atoms in total. The minimum Gasteiger partial charge on any atom is -0.497 e. The number of halogens is 2. The van der Waals surface area contributed by atoms with Crippen molar-refractivity contribution in [3.05, 3.63) is 47.8 Å². The van der Waals surface area contributed by atoms with Gasteiger partial charge in [0.2, 0.25) is 0 Å². The molecule has 1 saturated heterocycles. The van der Waals surface area contributed by atoms with Crippen LogP contribution < -0.4 is 10.1 Å². The number of benzene rings is 1. The zero-order chi connectivity index (χ0) is 20.4. The van der Waals surface area contributed by atoms with Gasteiger partial charge in [-0.1, -0.05) is 0 Å². The largest absolute Gasteiger partial charge is 0.497 e. The lowest BCUT2D eigenvalue weighted by atomic mass is 10.1. The van der Waals surface area contributed by atoms with Gasteiger partial charge in [0, 0.05) is 18.7 Å². The molecule has 0 unspecified atom stereocenters. The molecule has 152 valence electrons. The van der Waals surface area contributed by atoms with E-state index in [1.165, 1.54) is 12.3 Å². The number of methoxy groups -OCH3 is 1. The van der Waals surface area contributed by atoms with E-state index in [1.807, 2.05) is 0 Å². The van der Waals surface area contributed by atoms with Crippen LogP contribution in [0.2, 0.25) is 0 Å². The molecule has 2 aromatic heterocycles. The maximum Gasteiger partial charge on any atom is 0.280 e. The minimum absolute atomic E-state index is 0.0276. The second-order valence-electron chi connectivity index (χ2n) is 6.73. The van der Waals surface area contributed by atoms with Crippen LogP contribution in [0.3, 0.4) is 0 Å². The van der Waals surface area contributed by atoms with Crippen molar-refractivity contribution >= 4 is 11.6 Å².